The van der Waals surface area contributed by atoms with E-state index in [-0.39, 0.29) is 0 Å². The van der Waals surface area contributed by atoms with E-state index in [0.717, 1.165) is 18.6 Å². The molecule has 0 saturated carbocycles. The average molecular weight is 291 g/mol. The summed E-state index contributed by atoms with van der Waals surface area (Å²) in [6, 6.07) is 8.98. The van der Waals surface area contributed by atoms with Crippen molar-refractivity contribution in [1.82, 2.24) is 15.2 Å². The molecule has 0 aliphatic carbocycles. The third-order valence-electron chi connectivity index (χ3n) is 3.61. The lowest BCUT2D eigenvalue weighted by atomic mass is 10.2. The zero-order valence-electron chi connectivity index (χ0n) is 12.7. The number of unbranched alkanes of at least 4 members (excludes halogenated alkanes) is 1. The molecule has 4 heteroatoms. The molecule has 2 rings (SSSR count). The molecule has 0 bridgehead atoms. The van der Waals surface area contributed by atoms with Gasteiger partial charge in [-0.3, -0.25) is 0 Å². The third-order valence-corrected chi connectivity index (χ3v) is 4.65. The van der Waals surface area contributed by atoms with Gasteiger partial charge in [0.25, 0.3) is 0 Å². The average Bonchev–Trinajstić information content (AvgIpc) is 2.84. The molecule has 1 aromatic carbocycles. The molecule has 1 heterocycles. The Hall–Kier alpha value is -0.970. The zero-order chi connectivity index (χ0) is 14.4. The number of para-hydroxylation sites is 1. The van der Waals surface area contributed by atoms with Crippen LogP contribution in [0.4, 0.5) is 0 Å². The summed E-state index contributed by atoms with van der Waals surface area (Å²) < 4.78 is 1.28. The molecule has 2 aromatic rings. The van der Waals surface area contributed by atoms with E-state index in [2.05, 4.69) is 54.3 Å². The van der Waals surface area contributed by atoms with Gasteiger partial charge in [-0.05, 0) is 59.0 Å². The van der Waals surface area contributed by atoms with Gasteiger partial charge in [0.2, 0.25) is 0 Å². The summed E-state index contributed by atoms with van der Waals surface area (Å²) in [6.45, 7) is 7.62. The van der Waals surface area contributed by atoms with Gasteiger partial charge in [0.05, 0.1) is 10.2 Å². The Kier molecular flexibility index (Phi) is 5.95. The maximum atomic E-state index is 4.63. The molecule has 0 radical (unpaired) electrons. The molecule has 0 saturated heterocycles. The van der Waals surface area contributed by atoms with Crippen LogP contribution < -0.4 is 5.32 Å². The molecule has 1 N–H and O–H groups in total. The van der Waals surface area contributed by atoms with Gasteiger partial charge in [0.1, 0.15) is 5.01 Å². The summed E-state index contributed by atoms with van der Waals surface area (Å²) in [4.78, 5) is 7.03. The number of hydrogen-bond acceptors (Lipinski definition) is 4. The molecular weight excluding hydrogens is 266 g/mol. The summed E-state index contributed by atoms with van der Waals surface area (Å²) in [5.41, 5.74) is 1.12. The smallest absolute Gasteiger partial charge is 0.108 e. The lowest BCUT2D eigenvalue weighted by molar-refractivity contribution is 0.268. The van der Waals surface area contributed by atoms with E-state index in [4.69, 9.17) is 0 Å². The van der Waals surface area contributed by atoms with E-state index in [1.165, 1.54) is 29.1 Å². The quantitative estimate of drug-likeness (QED) is 0.754. The second-order valence-electron chi connectivity index (χ2n) is 5.53. The first-order chi connectivity index (χ1) is 9.66. The minimum Gasteiger partial charge on any atom is -0.310 e. The van der Waals surface area contributed by atoms with Crippen molar-refractivity contribution in [3.8, 4) is 0 Å². The van der Waals surface area contributed by atoms with E-state index in [0.29, 0.717) is 6.04 Å². The van der Waals surface area contributed by atoms with E-state index >= 15 is 0 Å². The monoisotopic (exact) mass is 291 g/mol. The van der Waals surface area contributed by atoms with E-state index in [9.17, 15) is 0 Å². The van der Waals surface area contributed by atoms with Gasteiger partial charge in [-0.2, -0.15) is 0 Å². The van der Waals surface area contributed by atoms with Crippen LogP contribution in [0.25, 0.3) is 10.2 Å². The molecule has 1 aromatic heterocycles. The van der Waals surface area contributed by atoms with Crippen LogP contribution >= 0.6 is 11.3 Å². The number of aromatic nitrogens is 1. The number of fused-ring (bicyclic) bond motifs is 1. The second-order valence-corrected chi connectivity index (χ2v) is 6.65. The molecule has 0 unspecified atom stereocenters. The number of nitrogens with one attached hydrogen (secondary N) is 1. The van der Waals surface area contributed by atoms with Crippen LogP contribution in [0, 0.1) is 0 Å². The molecule has 0 spiro atoms. The first kappa shape index (κ1) is 15.4. The van der Waals surface area contributed by atoms with Gasteiger partial charge in [-0.15, -0.1) is 11.3 Å². The number of hydrogen-bond donors (Lipinski definition) is 1. The molecule has 0 amide bonds. The van der Waals surface area contributed by atoms with Crippen molar-refractivity contribution in [2.24, 2.45) is 0 Å². The molecule has 110 valence electrons. The number of benzene rings is 1. The number of nitrogens with zero attached hydrogens (tertiary/aromatic N) is 2. The van der Waals surface area contributed by atoms with Gasteiger partial charge in [0, 0.05) is 12.6 Å². The topological polar surface area (TPSA) is 28.2 Å². The minimum absolute atomic E-state index is 0.644. The van der Waals surface area contributed by atoms with Crippen LogP contribution in [0.2, 0.25) is 0 Å². The predicted molar refractivity (Wildman–Crippen MR) is 88.3 cm³/mol. The van der Waals surface area contributed by atoms with Crippen molar-refractivity contribution < 1.29 is 0 Å². The van der Waals surface area contributed by atoms with Crippen LogP contribution in [-0.4, -0.2) is 36.1 Å². The minimum atomic E-state index is 0.644. The van der Waals surface area contributed by atoms with Gasteiger partial charge in [-0.1, -0.05) is 12.1 Å². The van der Waals surface area contributed by atoms with Crippen LogP contribution in [-0.2, 0) is 6.54 Å². The Morgan fingerprint density at radius 2 is 2.05 bits per heavy atom. The van der Waals surface area contributed by atoms with E-state index < -0.39 is 0 Å². The molecule has 0 aliphatic heterocycles. The molecule has 20 heavy (non-hydrogen) atoms. The highest BCUT2D eigenvalue weighted by molar-refractivity contribution is 7.18. The predicted octanol–water partition coefficient (Wildman–Crippen LogP) is 3.51. The Bertz CT molecular complexity index is 488. The Labute approximate surface area is 126 Å². The molecular formula is C16H25N3S. The fourth-order valence-corrected chi connectivity index (χ4v) is 3.00. The normalized spacial score (nSPS) is 11.8. The maximum absolute atomic E-state index is 4.63. The summed E-state index contributed by atoms with van der Waals surface area (Å²) in [6.07, 6.45) is 2.48. The van der Waals surface area contributed by atoms with Gasteiger partial charge in [-0.25, -0.2) is 4.98 Å². The van der Waals surface area contributed by atoms with Crippen molar-refractivity contribution in [2.45, 2.75) is 39.3 Å². The van der Waals surface area contributed by atoms with Gasteiger partial charge >= 0.3 is 0 Å². The Morgan fingerprint density at radius 3 is 2.80 bits per heavy atom. The fraction of sp³-hybridized carbons (Fsp3) is 0.562. The van der Waals surface area contributed by atoms with Crippen molar-refractivity contribution in [1.29, 1.82) is 0 Å². The number of rotatable bonds is 8. The first-order valence-corrected chi connectivity index (χ1v) is 8.24. The standard InChI is InChI=1S/C16H25N3S/c1-13(2)19(3)11-7-6-10-17-12-16-18-14-8-4-5-9-15(14)20-16/h4-5,8-9,13,17H,6-7,10-12H2,1-3H3. The van der Waals surface area contributed by atoms with Crippen LogP contribution in [0.5, 0.6) is 0 Å². The summed E-state index contributed by atoms with van der Waals surface area (Å²) in [7, 11) is 2.19. The molecule has 0 aliphatic rings. The largest absolute Gasteiger partial charge is 0.310 e. The molecule has 3 nitrogen and oxygen atoms in total. The van der Waals surface area contributed by atoms with Crippen molar-refractivity contribution in [3.05, 3.63) is 29.3 Å². The van der Waals surface area contributed by atoms with Crippen molar-refractivity contribution in [3.63, 3.8) is 0 Å². The Balaban J connectivity index is 1.64. The van der Waals surface area contributed by atoms with E-state index in [1.807, 2.05) is 6.07 Å². The van der Waals surface area contributed by atoms with Crippen LogP contribution in [0.15, 0.2) is 24.3 Å². The highest BCUT2D eigenvalue weighted by Crippen LogP contribution is 2.21. The third kappa shape index (κ3) is 4.54. The Morgan fingerprint density at radius 1 is 1.25 bits per heavy atom. The summed E-state index contributed by atoms with van der Waals surface area (Å²) in [5, 5.41) is 4.68. The van der Waals surface area contributed by atoms with Crippen LogP contribution in [0.1, 0.15) is 31.7 Å². The summed E-state index contributed by atoms with van der Waals surface area (Å²) >= 11 is 1.79. The van der Waals surface area contributed by atoms with E-state index in [1.54, 1.807) is 11.3 Å². The highest BCUT2D eigenvalue weighted by Gasteiger charge is 2.03. The highest BCUT2D eigenvalue weighted by atomic mass is 32.1. The maximum Gasteiger partial charge on any atom is 0.108 e. The zero-order valence-corrected chi connectivity index (χ0v) is 13.5. The SMILES string of the molecule is CC(C)N(C)CCCCNCc1nc2ccccc2s1. The lowest BCUT2D eigenvalue weighted by Gasteiger charge is -2.20. The fourth-order valence-electron chi connectivity index (χ4n) is 2.06. The molecule has 0 atom stereocenters. The summed E-state index contributed by atoms with van der Waals surface area (Å²) in [5.74, 6) is 0. The van der Waals surface area contributed by atoms with Gasteiger partial charge in [0.15, 0.2) is 0 Å². The lowest BCUT2D eigenvalue weighted by Crippen LogP contribution is -2.27. The van der Waals surface area contributed by atoms with Gasteiger partial charge < -0.3 is 10.2 Å². The van der Waals surface area contributed by atoms with Crippen molar-refractivity contribution in [2.75, 3.05) is 20.1 Å². The number of thiazole rings is 1. The second kappa shape index (κ2) is 7.72. The first-order valence-electron chi connectivity index (χ1n) is 7.42. The van der Waals surface area contributed by atoms with Crippen molar-refractivity contribution >= 4 is 21.6 Å². The molecule has 0 fully saturated rings. The van der Waals surface area contributed by atoms with Crippen LogP contribution in [0.3, 0.4) is 0 Å².